The zero-order valence-corrected chi connectivity index (χ0v) is 31.7. The molecule has 0 radical (unpaired) electrons. The Bertz CT molecular complexity index is 2880. The van der Waals surface area contributed by atoms with Crippen LogP contribution in [0.5, 0.6) is 0 Å². The van der Waals surface area contributed by atoms with E-state index < -0.39 is 0 Å². The van der Waals surface area contributed by atoms with Gasteiger partial charge in [-0.1, -0.05) is 194 Å². The van der Waals surface area contributed by atoms with Gasteiger partial charge in [0.15, 0.2) is 0 Å². The van der Waals surface area contributed by atoms with E-state index in [1.54, 1.807) is 0 Å². The van der Waals surface area contributed by atoms with E-state index in [-0.39, 0.29) is 0 Å². The number of rotatable bonds is 8. The summed E-state index contributed by atoms with van der Waals surface area (Å²) in [5.74, 6) is 0. The molecule has 0 N–H and O–H groups in total. The second-order valence-electron chi connectivity index (χ2n) is 14.4. The number of fused-ring (bicyclic) bond motifs is 1. The summed E-state index contributed by atoms with van der Waals surface area (Å²) in [6.45, 7) is 0. The maximum Gasteiger partial charge on any atom is 0.0787 e. The summed E-state index contributed by atoms with van der Waals surface area (Å²) in [4.78, 5) is 15.6. The molecule has 272 valence electrons. The first kappa shape index (κ1) is 34.7. The van der Waals surface area contributed by atoms with E-state index in [2.05, 4.69) is 206 Å². The number of benzene rings is 7. The molecule has 10 rings (SSSR count). The van der Waals surface area contributed by atoms with Gasteiger partial charge >= 0.3 is 0 Å². The van der Waals surface area contributed by atoms with Crippen molar-refractivity contribution in [2.75, 3.05) is 0 Å². The molecular formula is C55H37N3. The maximum absolute atomic E-state index is 5.34. The van der Waals surface area contributed by atoms with Crippen LogP contribution in [-0.2, 0) is 0 Å². The van der Waals surface area contributed by atoms with Crippen LogP contribution in [0.3, 0.4) is 0 Å². The first-order valence-corrected chi connectivity index (χ1v) is 19.6. The molecule has 0 saturated heterocycles. The van der Waals surface area contributed by atoms with Gasteiger partial charge in [-0.2, -0.15) is 0 Å². The van der Waals surface area contributed by atoms with Gasteiger partial charge in [-0.3, -0.25) is 0 Å². The molecule has 3 nitrogen and oxygen atoms in total. The van der Waals surface area contributed by atoms with Crippen molar-refractivity contribution in [2.45, 2.75) is 0 Å². The summed E-state index contributed by atoms with van der Waals surface area (Å²) in [5.41, 5.74) is 16.6. The second kappa shape index (κ2) is 15.4. The predicted molar refractivity (Wildman–Crippen MR) is 241 cm³/mol. The van der Waals surface area contributed by atoms with Gasteiger partial charge in [0.05, 0.1) is 34.2 Å². The zero-order valence-electron chi connectivity index (χ0n) is 31.7. The Morgan fingerprint density at radius 1 is 0.207 bits per heavy atom. The Kier molecular flexibility index (Phi) is 9.23. The first-order chi connectivity index (χ1) is 28.7. The molecule has 7 aromatic carbocycles. The maximum atomic E-state index is 5.34. The SMILES string of the molecule is c1ccc(-c2cc(-c3ccccc3)nc(-c3ccc(-c4nc(-c5ccc(-c6cc(-c7ccccc7)nc(-c7ccccc7)c6)cc5)cc5ccccc45)cc3)c2)cc1. The third-order valence-corrected chi connectivity index (χ3v) is 10.7. The Morgan fingerprint density at radius 3 is 0.966 bits per heavy atom. The standard InChI is InChI=1S/C55H37N3/c1-5-15-38(16-6-1)47-34-50(40-17-7-2-8-18-40)57-53(35-47)43-29-31-45(32-30-43)55-49-24-14-13-23-46(49)33-54(58-55)44-27-25-39(26-28-44)48-36-51(41-19-9-3-10-20-41)56-52(37-48)42-21-11-4-12-22-42/h1-37H. The van der Waals surface area contributed by atoms with Crippen LogP contribution in [0.2, 0.25) is 0 Å². The Hall–Kier alpha value is -7.75. The number of nitrogens with zero attached hydrogens (tertiary/aromatic N) is 3. The molecule has 58 heavy (non-hydrogen) atoms. The normalized spacial score (nSPS) is 11.1. The van der Waals surface area contributed by atoms with E-state index in [0.29, 0.717) is 0 Å². The van der Waals surface area contributed by atoms with E-state index >= 15 is 0 Å². The van der Waals surface area contributed by atoms with Crippen LogP contribution in [0.25, 0.3) is 101 Å². The lowest BCUT2D eigenvalue weighted by Crippen LogP contribution is -1.93. The fraction of sp³-hybridized carbons (Fsp3) is 0. The van der Waals surface area contributed by atoms with Crippen molar-refractivity contribution in [2.24, 2.45) is 0 Å². The van der Waals surface area contributed by atoms with Gasteiger partial charge in [0.1, 0.15) is 0 Å². The van der Waals surface area contributed by atoms with Gasteiger partial charge in [0.2, 0.25) is 0 Å². The zero-order chi connectivity index (χ0) is 38.7. The van der Waals surface area contributed by atoms with Crippen LogP contribution in [0, 0.1) is 0 Å². The Labute approximate surface area is 338 Å². The minimum Gasteiger partial charge on any atom is -0.248 e. The molecule has 0 amide bonds. The second-order valence-corrected chi connectivity index (χ2v) is 14.4. The minimum absolute atomic E-state index is 0.929. The number of aromatic nitrogens is 3. The van der Waals surface area contributed by atoms with Crippen molar-refractivity contribution in [3.05, 3.63) is 224 Å². The van der Waals surface area contributed by atoms with E-state index in [4.69, 9.17) is 15.0 Å². The van der Waals surface area contributed by atoms with Crippen molar-refractivity contribution < 1.29 is 0 Å². The highest BCUT2D eigenvalue weighted by atomic mass is 14.7. The molecular weight excluding hydrogens is 703 g/mol. The fourth-order valence-electron chi connectivity index (χ4n) is 7.64. The molecule has 3 heterocycles. The van der Waals surface area contributed by atoms with Gasteiger partial charge in [0, 0.05) is 38.8 Å². The molecule has 0 aliphatic rings. The smallest absolute Gasteiger partial charge is 0.0787 e. The van der Waals surface area contributed by atoms with Gasteiger partial charge in [-0.15, -0.1) is 0 Å². The highest BCUT2D eigenvalue weighted by Gasteiger charge is 2.14. The number of pyridine rings is 3. The molecule has 0 aliphatic carbocycles. The molecule has 0 bridgehead atoms. The summed E-state index contributed by atoms with van der Waals surface area (Å²) in [6, 6.07) is 78.5. The molecule has 0 fully saturated rings. The third-order valence-electron chi connectivity index (χ3n) is 10.7. The van der Waals surface area contributed by atoms with Crippen molar-refractivity contribution in [1.82, 2.24) is 15.0 Å². The van der Waals surface area contributed by atoms with Crippen LogP contribution >= 0.6 is 0 Å². The largest absolute Gasteiger partial charge is 0.248 e. The van der Waals surface area contributed by atoms with Crippen LogP contribution < -0.4 is 0 Å². The molecule has 0 spiro atoms. The minimum atomic E-state index is 0.929. The highest BCUT2D eigenvalue weighted by Crippen LogP contribution is 2.36. The predicted octanol–water partition coefficient (Wildman–Crippen LogP) is 14.4. The molecule has 3 aromatic heterocycles. The Morgan fingerprint density at radius 2 is 0.517 bits per heavy atom. The summed E-state index contributed by atoms with van der Waals surface area (Å²) in [5, 5.41) is 2.26. The number of hydrogen-bond donors (Lipinski definition) is 0. The molecule has 10 aromatic rings. The van der Waals surface area contributed by atoms with Crippen LogP contribution in [-0.4, -0.2) is 15.0 Å². The van der Waals surface area contributed by atoms with Gasteiger partial charge in [0.25, 0.3) is 0 Å². The first-order valence-electron chi connectivity index (χ1n) is 19.6. The van der Waals surface area contributed by atoms with Gasteiger partial charge in [-0.25, -0.2) is 15.0 Å². The third kappa shape index (κ3) is 7.09. The van der Waals surface area contributed by atoms with E-state index in [0.717, 1.165) is 101 Å². The van der Waals surface area contributed by atoms with E-state index in [9.17, 15) is 0 Å². The lowest BCUT2D eigenvalue weighted by atomic mass is 9.97. The average Bonchev–Trinajstić information content (AvgIpc) is 3.32. The topological polar surface area (TPSA) is 38.7 Å². The highest BCUT2D eigenvalue weighted by molar-refractivity contribution is 5.97. The van der Waals surface area contributed by atoms with E-state index in [1.165, 1.54) is 0 Å². The van der Waals surface area contributed by atoms with Crippen LogP contribution in [0.1, 0.15) is 0 Å². The van der Waals surface area contributed by atoms with Crippen molar-refractivity contribution in [3.8, 4) is 89.8 Å². The summed E-state index contributed by atoms with van der Waals surface area (Å²) >= 11 is 0. The summed E-state index contributed by atoms with van der Waals surface area (Å²) in [6.07, 6.45) is 0. The number of hydrogen-bond acceptors (Lipinski definition) is 3. The van der Waals surface area contributed by atoms with Crippen molar-refractivity contribution in [3.63, 3.8) is 0 Å². The average molecular weight is 740 g/mol. The molecule has 3 heteroatoms. The molecule has 0 unspecified atom stereocenters. The van der Waals surface area contributed by atoms with Crippen molar-refractivity contribution in [1.29, 1.82) is 0 Å². The van der Waals surface area contributed by atoms with Crippen molar-refractivity contribution >= 4 is 10.8 Å². The summed E-state index contributed by atoms with van der Waals surface area (Å²) < 4.78 is 0. The van der Waals surface area contributed by atoms with Crippen LogP contribution in [0.4, 0.5) is 0 Å². The lowest BCUT2D eigenvalue weighted by molar-refractivity contribution is 1.32. The lowest BCUT2D eigenvalue weighted by Gasteiger charge is -2.13. The fourth-order valence-corrected chi connectivity index (χ4v) is 7.64. The molecule has 0 saturated carbocycles. The molecule has 0 atom stereocenters. The monoisotopic (exact) mass is 739 g/mol. The Balaban J connectivity index is 1.01. The van der Waals surface area contributed by atoms with E-state index in [1.807, 2.05) is 18.2 Å². The van der Waals surface area contributed by atoms with Crippen LogP contribution in [0.15, 0.2) is 224 Å². The quantitative estimate of drug-likeness (QED) is 0.156. The van der Waals surface area contributed by atoms with Gasteiger partial charge in [-0.05, 0) is 58.0 Å². The van der Waals surface area contributed by atoms with Gasteiger partial charge < -0.3 is 0 Å². The molecule has 0 aliphatic heterocycles. The summed E-state index contributed by atoms with van der Waals surface area (Å²) in [7, 11) is 0.